The second-order valence-electron chi connectivity index (χ2n) is 9.55. The largest absolute Gasteiger partial charge is 0.466 e. The van der Waals surface area contributed by atoms with Crippen LogP contribution in [0.2, 0.25) is 0 Å². The summed E-state index contributed by atoms with van der Waals surface area (Å²) in [6, 6.07) is 14.7. The first kappa shape index (κ1) is 31.9. The molecule has 1 saturated heterocycles. The Hall–Kier alpha value is -3.64. The fraction of sp³-hybridized carbons (Fsp3) is 0.393. The molecule has 1 fully saturated rings. The number of rotatable bonds is 11. The maximum Gasteiger partial charge on any atom is 0.318 e. The molecule has 1 aliphatic heterocycles. The normalized spacial score (nSPS) is 14.3. The van der Waals surface area contributed by atoms with Crippen molar-refractivity contribution in [2.24, 2.45) is 0 Å². The molecule has 4 rings (SSSR count). The summed E-state index contributed by atoms with van der Waals surface area (Å²) in [5.41, 5.74) is 8.94. The van der Waals surface area contributed by atoms with Crippen LogP contribution in [-0.2, 0) is 34.0 Å². The van der Waals surface area contributed by atoms with Gasteiger partial charge >= 0.3 is 12.0 Å². The quantitative estimate of drug-likeness (QED) is 0.236. The Balaban J connectivity index is 0.00000462. The first-order chi connectivity index (χ1) is 19.3. The zero-order chi connectivity index (χ0) is 28.5. The van der Waals surface area contributed by atoms with Crippen molar-refractivity contribution in [1.29, 1.82) is 0 Å². The van der Waals surface area contributed by atoms with Crippen molar-refractivity contribution in [3.05, 3.63) is 76.0 Å². The predicted molar refractivity (Wildman–Crippen MR) is 160 cm³/mol. The zero-order valence-electron chi connectivity index (χ0n) is 22.9. The Bertz CT molecular complexity index is 1320. The van der Waals surface area contributed by atoms with Gasteiger partial charge in [0.05, 0.1) is 44.9 Å². The molecule has 3 amide bonds. The van der Waals surface area contributed by atoms with Crippen LogP contribution in [-0.4, -0.2) is 62.4 Å². The molecule has 41 heavy (non-hydrogen) atoms. The Morgan fingerprint density at radius 1 is 1.15 bits per heavy atom. The molecule has 220 valence electrons. The number of urea groups is 1. The van der Waals surface area contributed by atoms with E-state index in [1.165, 1.54) is 0 Å². The number of halogens is 2. The zero-order valence-corrected chi connectivity index (χ0v) is 25.3. The molecule has 0 aliphatic carbocycles. The summed E-state index contributed by atoms with van der Waals surface area (Å²) in [5, 5.41) is 11.0. The molecule has 1 aromatic heterocycles. The highest BCUT2D eigenvalue weighted by atomic mass is 79.9. The smallest absolute Gasteiger partial charge is 0.318 e. The maximum absolute atomic E-state index is 13.3. The van der Waals surface area contributed by atoms with E-state index in [2.05, 4.69) is 31.6 Å². The number of benzene rings is 2. The number of carbonyl (C=O) groups excluding carboxylic acids is 3. The maximum atomic E-state index is 13.3. The number of nitrogens with zero attached hydrogens (tertiary/aromatic N) is 5. The number of aromatic nitrogens is 3. The van der Waals surface area contributed by atoms with Crippen LogP contribution in [0.3, 0.4) is 0 Å². The van der Waals surface area contributed by atoms with E-state index in [9.17, 15) is 14.4 Å². The molecule has 3 N–H and O–H groups in total. The molecule has 13 heteroatoms. The third-order valence-corrected chi connectivity index (χ3v) is 7.38. The number of nitrogens with two attached hydrogens (primary N) is 1. The number of amides is 3. The van der Waals surface area contributed by atoms with Crippen molar-refractivity contribution in [2.75, 3.05) is 25.4 Å². The minimum Gasteiger partial charge on any atom is -0.466 e. The third-order valence-electron chi connectivity index (χ3n) is 6.66. The van der Waals surface area contributed by atoms with Gasteiger partial charge in [0.25, 0.3) is 0 Å². The Morgan fingerprint density at radius 2 is 1.90 bits per heavy atom. The number of esters is 1. The van der Waals surface area contributed by atoms with E-state index in [1.54, 1.807) is 34.8 Å². The fourth-order valence-corrected chi connectivity index (χ4v) is 5.25. The van der Waals surface area contributed by atoms with E-state index in [4.69, 9.17) is 10.5 Å². The van der Waals surface area contributed by atoms with Crippen LogP contribution in [0.4, 0.5) is 10.5 Å². The van der Waals surface area contributed by atoms with Gasteiger partial charge < -0.3 is 25.6 Å². The monoisotopic (exact) mass is 647 g/mol. The van der Waals surface area contributed by atoms with Crippen LogP contribution in [0.25, 0.3) is 0 Å². The summed E-state index contributed by atoms with van der Waals surface area (Å²) in [4.78, 5) is 41.6. The average molecular weight is 649 g/mol. The van der Waals surface area contributed by atoms with Gasteiger partial charge in [-0.15, -0.1) is 17.5 Å². The molecule has 1 aliphatic rings. The molecule has 11 nitrogen and oxygen atoms in total. The van der Waals surface area contributed by atoms with Gasteiger partial charge in [-0.3, -0.25) is 14.3 Å². The topological polar surface area (TPSA) is 136 Å². The highest BCUT2D eigenvalue weighted by molar-refractivity contribution is 9.10. The van der Waals surface area contributed by atoms with E-state index in [-0.39, 0.29) is 56.4 Å². The number of ether oxygens (including phenoxy) is 1. The molecular weight excluding hydrogens is 614 g/mol. The van der Waals surface area contributed by atoms with Crippen molar-refractivity contribution in [1.82, 2.24) is 30.1 Å². The number of aryl methyl sites for hydroxylation is 1. The van der Waals surface area contributed by atoms with Gasteiger partial charge in [0.1, 0.15) is 5.69 Å². The standard InChI is InChI=1S/C28H34BrN7O4.ClH/c1-2-40-27(38)13-15-35-19-22(32-33-35)18-34(17-20-9-11-21(30)12-10-20)28(39)31-16-26(37)36-14-5-8-25(36)23-6-3-4-7-24(23)29;/h3-4,6-7,9-12,19,25H,2,5,8,13-18,30H2,1H3,(H,31,39);1H. The number of carbonyl (C=O) groups is 3. The van der Waals surface area contributed by atoms with Gasteiger partial charge in [-0.05, 0) is 49.1 Å². The minimum absolute atomic E-state index is 0. The predicted octanol–water partition coefficient (Wildman–Crippen LogP) is 4.07. The first-order valence-electron chi connectivity index (χ1n) is 13.3. The minimum atomic E-state index is -0.400. The second kappa shape index (κ2) is 15.4. The third kappa shape index (κ3) is 8.92. The molecule has 3 aromatic rings. The molecule has 1 unspecified atom stereocenters. The molecule has 2 heterocycles. The summed E-state index contributed by atoms with van der Waals surface area (Å²) in [6.45, 7) is 3.35. The fourth-order valence-electron chi connectivity index (χ4n) is 4.70. The highest BCUT2D eigenvalue weighted by Crippen LogP contribution is 2.35. The van der Waals surface area contributed by atoms with Crippen LogP contribution in [0.1, 0.15) is 49.0 Å². The molecule has 0 saturated carbocycles. The van der Waals surface area contributed by atoms with E-state index in [0.717, 1.165) is 28.4 Å². The number of hydrogen-bond acceptors (Lipinski definition) is 7. The van der Waals surface area contributed by atoms with E-state index < -0.39 is 6.03 Å². The highest BCUT2D eigenvalue weighted by Gasteiger charge is 2.31. The number of anilines is 1. The van der Waals surface area contributed by atoms with Crippen LogP contribution in [0.15, 0.2) is 59.2 Å². The van der Waals surface area contributed by atoms with Crippen molar-refractivity contribution < 1.29 is 19.1 Å². The molecular formula is C28H35BrClN7O4. The van der Waals surface area contributed by atoms with Crippen molar-refractivity contribution in [3.63, 3.8) is 0 Å². The van der Waals surface area contributed by atoms with Gasteiger partial charge in [0.15, 0.2) is 0 Å². The number of nitrogens with one attached hydrogen (secondary N) is 1. The van der Waals surface area contributed by atoms with Crippen LogP contribution in [0, 0.1) is 0 Å². The van der Waals surface area contributed by atoms with Gasteiger partial charge in [-0.2, -0.15) is 0 Å². The number of nitrogen functional groups attached to an aromatic ring is 1. The van der Waals surface area contributed by atoms with Crippen LogP contribution in [0.5, 0.6) is 0 Å². The molecule has 2 aromatic carbocycles. The lowest BCUT2D eigenvalue weighted by Crippen LogP contribution is -2.45. The lowest BCUT2D eigenvalue weighted by Gasteiger charge is -2.27. The molecule has 1 atom stereocenters. The van der Waals surface area contributed by atoms with Crippen molar-refractivity contribution >= 4 is 51.9 Å². The van der Waals surface area contributed by atoms with E-state index in [0.29, 0.717) is 31.1 Å². The Labute approximate surface area is 253 Å². The lowest BCUT2D eigenvalue weighted by atomic mass is 10.0. The van der Waals surface area contributed by atoms with Gasteiger partial charge in [0.2, 0.25) is 5.91 Å². The second-order valence-corrected chi connectivity index (χ2v) is 10.4. The summed E-state index contributed by atoms with van der Waals surface area (Å²) in [6.07, 6.45) is 3.64. The van der Waals surface area contributed by atoms with Gasteiger partial charge in [0, 0.05) is 23.2 Å². The van der Waals surface area contributed by atoms with Crippen molar-refractivity contribution in [3.8, 4) is 0 Å². The van der Waals surface area contributed by atoms with Gasteiger partial charge in [-0.1, -0.05) is 51.5 Å². The van der Waals surface area contributed by atoms with Gasteiger partial charge in [-0.25, -0.2) is 4.79 Å². The molecule has 0 spiro atoms. The SMILES string of the molecule is CCOC(=O)CCn1cc(CN(Cc2ccc(N)cc2)C(=O)NCC(=O)N2CCCC2c2ccccc2Br)nn1.Cl. The molecule has 0 bridgehead atoms. The van der Waals surface area contributed by atoms with Crippen molar-refractivity contribution in [2.45, 2.75) is 51.9 Å². The van der Waals surface area contributed by atoms with Crippen LogP contribution < -0.4 is 11.1 Å². The number of likely N-dealkylation sites (tertiary alicyclic amines) is 1. The first-order valence-corrected chi connectivity index (χ1v) is 14.1. The summed E-state index contributed by atoms with van der Waals surface area (Å²) < 4.78 is 7.47. The summed E-state index contributed by atoms with van der Waals surface area (Å²) >= 11 is 3.60. The average Bonchev–Trinajstić information content (AvgIpc) is 3.61. The summed E-state index contributed by atoms with van der Waals surface area (Å²) in [5.74, 6) is -0.447. The van der Waals surface area contributed by atoms with Crippen LogP contribution >= 0.6 is 28.3 Å². The Morgan fingerprint density at radius 3 is 2.63 bits per heavy atom. The summed E-state index contributed by atoms with van der Waals surface area (Å²) in [7, 11) is 0. The van der Waals surface area contributed by atoms with E-state index in [1.807, 2.05) is 41.3 Å². The lowest BCUT2D eigenvalue weighted by molar-refractivity contribution is -0.143. The number of hydrogen-bond donors (Lipinski definition) is 2. The molecule has 0 radical (unpaired) electrons. The van der Waals surface area contributed by atoms with E-state index >= 15 is 0 Å². The Kier molecular flexibility index (Phi) is 12.0.